The Kier molecular flexibility index (Phi) is 9.64. The third kappa shape index (κ3) is 6.88. The number of ether oxygens (including phenoxy) is 2. The molecule has 0 aliphatic carbocycles. The number of hydrogen-bond donors (Lipinski definition) is 1. The van der Waals surface area contributed by atoms with E-state index in [1.165, 1.54) is 37.4 Å². The molecule has 0 heterocycles. The number of aliphatic hydroxyl groups is 1. The lowest BCUT2D eigenvalue weighted by Crippen LogP contribution is -2.53. The molecule has 3 aromatic rings. The Bertz CT molecular complexity index is 1520. The zero-order chi connectivity index (χ0) is 31.5. The number of aryl methyl sites for hydroxylation is 2. The van der Waals surface area contributed by atoms with Crippen molar-refractivity contribution in [1.82, 2.24) is 0 Å². The van der Waals surface area contributed by atoms with E-state index in [1.807, 2.05) is 0 Å². The molecule has 42 heavy (non-hydrogen) atoms. The van der Waals surface area contributed by atoms with E-state index in [9.17, 15) is 44.7 Å². The molecule has 228 valence electrons. The molecule has 0 saturated carbocycles. The average Bonchev–Trinajstić information content (AvgIpc) is 2.91. The largest absolute Gasteiger partial charge is 0.496 e. The van der Waals surface area contributed by atoms with Crippen molar-refractivity contribution >= 4 is 15.9 Å². The molecule has 1 N–H and O–H groups in total. The third-order valence-electron chi connectivity index (χ3n) is 6.17. The van der Waals surface area contributed by atoms with Crippen LogP contribution >= 0.6 is 0 Å². The van der Waals surface area contributed by atoms with E-state index in [4.69, 9.17) is 13.7 Å². The second-order valence-electron chi connectivity index (χ2n) is 9.20. The van der Waals surface area contributed by atoms with E-state index in [1.54, 1.807) is 26.0 Å². The highest BCUT2D eigenvalue weighted by Crippen LogP contribution is 2.50. The van der Waals surface area contributed by atoms with Crippen molar-refractivity contribution in [2.75, 3.05) is 13.7 Å². The lowest BCUT2D eigenvalue weighted by Gasteiger charge is -2.33. The Morgan fingerprint density at radius 2 is 1.50 bits per heavy atom. The molecule has 0 fully saturated rings. The van der Waals surface area contributed by atoms with E-state index in [-0.39, 0.29) is 39.7 Å². The summed E-state index contributed by atoms with van der Waals surface area (Å²) < 4.78 is 121. The second-order valence-corrected chi connectivity index (χ2v) is 10.8. The summed E-state index contributed by atoms with van der Waals surface area (Å²) in [6.45, 7) is 2.55. The molecule has 3 aromatic carbocycles. The van der Waals surface area contributed by atoms with Gasteiger partial charge in [0, 0.05) is 11.6 Å². The van der Waals surface area contributed by atoms with Gasteiger partial charge in [0.25, 0.3) is 15.7 Å². The predicted molar refractivity (Wildman–Crippen MR) is 138 cm³/mol. The van der Waals surface area contributed by atoms with Gasteiger partial charge in [-0.3, -0.25) is 8.98 Å². The van der Waals surface area contributed by atoms with E-state index < -0.39 is 46.0 Å². The molecule has 0 radical (unpaired) electrons. The highest BCUT2D eigenvalue weighted by molar-refractivity contribution is 7.86. The van der Waals surface area contributed by atoms with E-state index in [0.29, 0.717) is 18.6 Å². The number of carbonyl (C=O) groups is 1. The van der Waals surface area contributed by atoms with Crippen molar-refractivity contribution in [2.24, 2.45) is 0 Å². The fourth-order valence-electron chi connectivity index (χ4n) is 3.93. The van der Waals surface area contributed by atoms with Gasteiger partial charge in [-0.1, -0.05) is 37.1 Å². The number of rotatable bonds is 11. The van der Waals surface area contributed by atoms with Crippen molar-refractivity contribution in [3.8, 4) is 17.2 Å². The minimum atomic E-state index is -6.05. The summed E-state index contributed by atoms with van der Waals surface area (Å²) in [5, 5.41) is 9.76. The van der Waals surface area contributed by atoms with Gasteiger partial charge >= 0.3 is 12.4 Å². The van der Waals surface area contributed by atoms with Crippen LogP contribution in [0.3, 0.4) is 0 Å². The van der Waals surface area contributed by atoms with Gasteiger partial charge < -0.3 is 14.6 Å². The molecular formula is C28H26F6O7S. The molecule has 7 nitrogen and oxygen atoms in total. The minimum absolute atomic E-state index is 0.00334. The van der Waals surface area contributed by atoms with Crippen molar-refractivity contribution in [1.29, 1.82) is 0 Å². The molecule has 0 spiro atoms. The molecule has 0 unspecified atom stereocenters. The first-order valence-electron chi connectivity index (χ1n) is 12.3. The summed E-state index contributed by atoms with van der Waals surface area (Å²) in [5.74, 6) is -0.917. The number of methoxy groups -OCH3 is 1. The topological polar surface area (TPSA) is 99.1 Å². The molecule has 0 aliphatic heterocycles. The Morgan fingerprint density at radius 3 is 2.05 bits per heavy atom. The number of alkyl halides is 6. The highest BCUT2D eigenvalue weighted by Gasteiger charge is 2.71. The van der Waals surface area contributed by atoms with E-state index in [0.717, 1.165) is 11.6 Å². The summed E-state index contributed by atoms with van der Waals surface area (Å²) >= 11 is 0. The van der Waals surface area contributed by atoms with Gasteiger partial charge in [0.1, 0.15) is 23.9 Å². The minimum Gasteiger partial charge on any atom is -0.496 e. The smallest absolute Gasteiger partial charge is 0.430 e. The Hall–Kier alpha value is -3.62. The zero-order valence-corrected chi connectivity index (χ0v) is 23.3. The molecule has 0 atom stereocenters. The van der Waals surface area contributed by atoms with Crippen LogP contribution in [-0.2, 0) is 26.3 Å². The SMILES string of the molecule is CCCc1cc(C(O)(C(F)(F)F)C(F)(F)F)ccc1Oc1ccc(C(=O)COS(=O)(=O)c2ccc(C)cc2)c(OC)c1. The summed E-state index contributed by atoms with van der Waals surface area (Å²) in [6.07, 6.45) is -11.8. The van der Waals surface area contributed by atoms with Crippen LogP contribution in [0.4, 0.5) is 26.3 Å². The average molecular weight is 621 g/mol. The van der Waals surface area contributed by atoms with Crippen LogP contribution in [0, 0.1) is 6.92 Å². The lowest BCUT2D eigenvalue weighted by molar-refractivity contribution is -0.376. The number of halogens is 6. The van der Waals surface area contributed by atoms with Gasteiger partial charge in [-0.2, -0.15) is 34.8 Å². The molecular weight excluding hydrogens is 594 g/mol. The standard InChI is InChI=1S/C28H26F6O7S/c1-4-5-18-14-19(26(36,27(29,30)31)28(32,33)34)8-13-24(18)41-20-9-12-22(25(15-20)39-3)23(35)16-40-42(37,38)21-10-6-17(2)7-11-21/h6-15,36H,4-5,16H2,1-3H3. The van der Waals surface area contributed by atoms with Crippen LogP contribution in [0.1, 0.15) is 40.4 Å². The van der Waals surface area contributed by atoms with Crippen LogP contribution in [-0.4, -0.2) is 45.4 Å². The van der Waals surface area contributed by atoms with Gasteiger partial charge in [0.05, 0.1) is 17.6 Å². The van der Waals surface area contributed by atoms with Gasteiger partial charge in [0.15, 0.2) is 5.78 Å². The quantitative estimate of drug-likeness (QED) is 0.146. The molecule has 0 aromatic heterocycles. The first kappa shape index (κ1) is 32.9. The second kappa shape index (κ2) is 12.3. The molecule has 0 bridgehead atoms. The van der Waals surface area contributed by atoms with Crippen molar-refractivity contribution in [2.45, 2.75) is 49.5 Å². The van der Waals surface area contributed by atoms with Crippen molar-refractivity contribution in [3.05, 3.63) is 82.9 Å². The van der Waals surface area contributed by atoms with Crippen LogP contribution in [0.25, 0.3) is 0 Å². The monoisotopic (exact) mass is 620 g/mol. The number of ketones is 1. The molecule has 0 saturated heterocycles. The van der Waals surface area contributed by atoms with Gasteiger partial charge in [-0.25, -0.2) is 0 Å². The Balaban J connectivity index is 1.87. The Labute approximate surface area is 237 Å². The number of hydrogen-bond acceptors (Lipinski definition) is 7. The molecule has 0 amide bonds. The molecule has 3 rings (SSSR count). The predicted octanol–water partition coefficient (Wildman–Crippen LogP) is 6.65. The molecule has 0 aliphatic rings. The fraction of sp³-hybridized carbons (Fsp3) is 0.321. The fourth-order valence-corrected chi connectivity index (χ4v) is 4.80. The first-order chi connectivity index (χ1) is 19.4. The normalized spacial score (nSPS) is 12.7. The van der Waals surface area contributed by atoms with Crippen LogP contribution in [0.5, 0.6) is 17.2 Å². The first-order valence-corrected chi connectivity index (χ1v) is 13.7. The van der Waals surface area contributed by atoms with Crippen LogP contribution in [0.15, 0.2) is 65.6 Å². The maximum absolute atomic E-state index is 13.4. The summed E-state index contributed by atoms with van der Waals surface area (Å²) in [7, 11) is -3.02. The van der Waals surface area contributed by atoms with E-state index in [2.05, 4.69) is 0 Å². The Morgan fingerprint density at radius 1 is 0.881 bits per heavy atom. The summed E-state index contributed by atoms with van der Waals surface area (Å²) in [6, 6.07) is 11.4. The van der Waals surface area contributed by atoms with Crippen molar-refractivity contribution in [3.63, 3.8) is 0 Å². The van der Waals surface area contributed by atoms with Crippen LogP contribution < -0.4 is 9.47 Å². The summed E-state index contributed by atoms with van der Waals surface area (Å²) in [4.78, 5) is 12.6. The van der Waals surface area contributed by atoms with Crippen molar-refractivity contribution < 1.29 is 58.3 Å². The maximum Gasteiger partial charge on any atom is 0.430 e. The lowest BCUT2D eigenvalue weighted by atomic mass is 9.90. The third-order valence-corrected chi connectivity index (χ3v) is 7.45. The number of carbonyl (C=O) groups excluding carboxylic acids is 1. The number of Topliss-reactive ketones (excluding diaryl/α,β-unsaturated/α-hetero) is 1. The van der Waals surface area contributed by atoms with Gasteiger partial charge in [0.2, 0.25) is 0 Å². The zero-order valence-electron chi connectivity index (χ0n) is 22.5. The van der Waals surface area contributed by atoms with E-state index >= 15 is 0 Å². The van der Waals surface area contributed by atoms with Gasteiger partial charge in [-0.15, -0.1) is 0 Å². The maximum atomic E-state index is 13.4. The van der Waals surface area contributed by atoms with Gasteiger partial charge in [-0.05, 0) is 55.3 Å². The van der Waals surface area contributed by atoms with Crippen LogP contribution in [0.2, 0.25) is 0 Å². The summed E-state index contributed by atoms with van der Waals surface area (Å²) in [5.41, 5.74) is -5.82. The number of benzene rings is 3. The highest BCUT2D eigenvalue weighted by atomic mass is 32.2. The molecule has 14 heteroatoms.